The van der Waals surface area contributed by atoms with E-state index in [-0.39, 0.29) is 10.8 Å². The highest BCUT2D eigenvalue weighted by molar-refractivity contribution is 9.10. The van der Waals surface area contributed by atoms with E-state index < -0.39 is 10.0 Å². The lowest BCUT2D eigenvalue weighted by Gasteiger charge is -2.26. The first-order valence-corrected chi connectivity index (χ1v) is 14.4. The molecule has 39 heavy (non-hydrogen) atoms. The van der Waals surface area contributed by atoms with Crippen molar-refractivity contribution in [3.05, 3.63) is 47.1 Å². The highest BCUT2D eigenvalue weighted by Gasteiger charge is 2.19. The van der Waals surface area contributed by atoms with Crippen molar-refractivity contribution >= 4 is 49.1 Å². The van der Waals surface area contributed by atoms with Gasteiger partial charge in [0.05, 0.1) is 43.3 Å². The maximum absolute atomic E-state index is 12.5. The lowest BCUT2D eigenvalue weighted by atomic mass is 10.2. The van der Waals surface area contributed by atoms with Crippen LogP contribution in [0.2, 0.25) is 0 Å². The number of aromatic nitrogens is 2. The van der Waals surface area contributed by atoms with E-state index in [1.165, 1.54) is 13.1 Å². The lowest BCUT2D eigenvalue weighted by Crippen LogP contribution is -2.38. The van der Waals surface area contributed by atoms with Crippen molar-refractivity contribution in [2.24, 2.45) is 0 Å². The van der Waals surface area contributed by atoms with Crippen molar-refractivity contribution in [1.82, 2.24) is 19.6 Å². The zero-order valence-corrected chi connectivity index (χ0v) is 24.3. The molecule has 0 radical (unpaired) electrons. The van der Waals surface area contributed by atoms with Gasteiger partial charge in [-0.15, -0.1) is 0 Å². The van der Waals surface area contributed by atoms with Gasteiger partial charge < -0.3 is 29.6 Å². The molecule has 210 valence electrons. The van der Waals surface area contributed by atoms with Gasteiger partial charge in [-0.25, -0.2) is 18.1 Å². The number of sulfonamides is 1. The van der Waals surface area contributed by atoms with Crippen LogP contribution >= 0.6 is 15.9 Å². The summed E-state index contributed by atoms with van der Waals surface area (Å²) in [4.78, 5) is 11.3. The van der Waals surface area contributed by atoms with Crippen molar-refractivity contribution in [2.45, 2.75) is 4.90 Å². The minimum atomic E-state index is -3.69. The Morgan fingerprint density at radius 1 is 1.03 bits per heavy atom. The zero-order valence-electron chi connectivity index (χ0n) is 21.9. The SMILES string of the molecule is CNS(=O)(=O)c1ccccc1Nc1nc(Nc2cc(OCCN3CCOCC3)c(OC)cc2OC)ncc1Br. The van der Waals surface area contributed by atoms with E-state index in [4.69, 9.17) is 18.9 Å². The van der Waals surface area contributed by atoms with Gasteiger partial charge in [-0.3, -0.25) is 4.90 Å². The van der Waals surface area contributed by atoms with Gasteiger partial charge in [0, 0.05) is 38.0 Å². The monoisotopic (exact) mass is 622 g/mol. The second-order valence-electron chi connectivity index (χ2n) is 8.35. The quantitative estimate of drug-likeness (QED) is 0.274. The number of rotatable bonds is 12. The Hall–Kier alpha value is -3.17. The molecule has 1 aliphatic rings. The summed E-state index contributed by atoms with van der Waals surface area (Å²) in [5.74, 6) is 2.17. The summed E-state index contributed by atoms with van der Waals surface area (Å²) >= 11 is 3.43. The molecule has 0 atom stereocenters. The Morgan fingerprint density at radius 2 is 1.77 bits per heavy atom. The van der Waals surface area contributed by atoms with Gasteiger partial charge in [-0.1, -0.05) is 12.1 Å². The smallest absolute Gasteiger partial charge is 0.242 e. The first-order chi connectivity index (χ1) is 18.8. The maximum Gasteiger partial charge on any atom is 0.242 e. The molecule has 0 aliphatic carbocycles. The highest BCUT2D eigenvalue weighted by atomic mass is 79.9. The van der Waals surface area contributed by atoms with Gasteiger partial charge >= 0.3 is 0 Å². The number of nitrogens with one attached hydrogen (secondary N) is 3. The van der Waals surface area contributed by atoms with Crippen LogP contribution in [0.4, 0.5) is 23.1 Å². The van der Waals surface area contributed by atoms with Crippen LogP contribution in [0.5, 0.6) is 17.2 Å². The van der Waals surface area contributed by atoms with E-state index in [9.17, 15) is 8.42 Å². The number of anilines is 4. The van der Waals surface area contributed by atoms with Gasteiger partial charge in [-0.05, 0) is 35.1 Å². The number of para-hydroxylation sites is 1. The van der Waals surface area contributed by atoms with Crippen LogP contribution in [0.15, 0.2) is 52.0 Å². The Kier molecular flexibility index (Phi) is 9.80. The number of ether oxygens (including phenoxy) is 4. The minimum Gasteiger partial charge on any atom is -0.494 e. The standard InChI is InChI=1S/C25H31BrN6O6S/c1-27-39(33,34)23-7-5-4-6-18(23)29-24-17(26)16-28-25(31-24)30-19-14-22(21(36-3)15-20(19)35-2)38-13-10-32-8-11-37-12-9-32/h4-7,14-16,27H,8-13H2,1-3H3,(H2,28,29,30,31). The molecular weight excluding hydrogens is 592 g/mol. The van der Waals surface area contributed by atoms with Gasteiger partial charge in [-0.2, -0.15) is 4.98 Å². The molecule has 2 heterocycles. The fourth-order valence-corrected chi connectivity index (χ4v) is 5.04. The third-order valence-corrected chi connectivity index (χ3v) is 8.00. The molecule has 0 spiro atoms. The normalized spacial score (nSPS) is 14.1. The zero-order chi connectivity index (χ0) is 27.8. The molecule has 2 aromatic carbocycles. The molecule has 14 heteroatoms. The predicted molar refractivity (Wildman–Crippen MR) is 151 cm³/mol. The molecular formula is C25H31BrN6O6S. The number of halogens is 1. The van der Waals surface area contributed by atoms with E-state index in [1.807, 2.05) is 0 Å². The summed E-state index contributed by atoms with van der Waals surface area (Å²) in [7, 11) is 0.782. The molecule has 3 aromatic rings. The number of methoxy groups -OCH3 is 2. The van der Waals surface area contributed by atoms with Crippen LogP contribution in [-0.4, -0.2) is 84.0 Å². The first-order valence-electron chi connectivity index (χ1n) is 12.1. The Labute approximate surface area is 236 Å². The predicted octanol–water partition coefficient (Wildman–Crippen LogP) is 3.36. The van der Waals surface area contributed by atoms with Crippen LogP contribution in [0.25, 0.3) is 0 Å². The number of hydrogen-bond donors (Lipinski definition) is 3. The number of morpholine rings is 1. The van der Waals surface area contributed by atoms with E-state index >= 15 is 0 Å². The molecule has 0 unspecified atom stereocenters. The summed E-state index contributed by atoms with van der Waals surface area (Å²) < 4.78 is 50.4. The van der Waals surface area contributed by atoms with Gasteiger partial charge in [0.25, 0.3) is 0 Å². The van der Waals surface area contributed by atoms with E-state index in [0.717, 1.165) is 32.8 Å². The van der Waals surface area contributed by atoms with Crippen molar-refractivity contribution in [3.8, 4) is 17.2 Å². The molecule has 3 N–H and O–H groups in total. The first kappa shape index (κ1) is 28.8. The van der Waals surface area contributed by atoms with Crippen molar-refractivity contribution < 1.29 is 27.4 Å². The summed E-state index contributed by atoms with van der Waals surface area (Å²) in [6, 6.07) is 10.0. The van der Waals surface area contributed by atoms with Crippen LogP contribution in [-0.2, 0) is 14.8 Å². The molecule has 0 saturated carbocycles. The maximum atomic E-state index is 12.5. The molecule has 0 bridgehead atoms. The Bertz CT molecular complexity index is 1390. The number of benzene rings is 2. The van der Waals surface area contributed by atoms with Crippen molar-refractivity contribution in [3.63, 3.8) is 0 Å². The third-order valence-electron chi connectivity index (χ3n) is 5.94. The Balaban J connectivity index is 1.56. The largest absolute Gasteiger partial charge is 0.494 e. The fraction of sp³-hybridized carbons (Fsp3) is 0.360. The van der Waals surface area contributed by atoms with Gasteiger partial charge in [0.1, 0.15) is 23.1 Å². The summed E-state index contributed by atoms with van der Waals surface area (Å²) in [5.41, 5.74) is 0.918. The average molecular weight is 624 g/mol. The number of hydrogen-bond acceptors (Lipinski definition) is 11. The fourth-order valence-electron chi connectivity index (χ4n) is 3.87. The van der Waals surface area contributed by atoms with E-state index in [2.05, 4.69) is 46.2 Å². The molecule has 4 rings (SSSR count). The van der Waals surface area contributed by atoms with Crippen LogP contribution in [0.3, 0.4) is 0 Å². The molecule has 1 saturated heterocycles. The minimum absolute atomic E-state index is 0.0863. The Morgan fingerprint density at radius 3 is 2.49 bits per heavy atom. The van der Waals surface area contributed by atoms with E-state index in [0.29, 0.717) is 45.5 Å². The van der Waals surface area contributed by atoms with Crippen LogP contribution in [0, 0.1) is 0 Å². The van der Waals surface area contributed by atoms with Crippen LogP contribution in [0.1, 0.15) is 0 Å². The second kappa shape index (κ2) is 13.3. The molecule has 0 amide bonds. The van der Waals surface area contributed by atoms with Crippen LogP contribution < -0.4 is 29.6 Å². The van der Waals surface area contributed by atoms with Gasteiger partial charge in [0.2, 0.25) is 16.0 Å². The summed E-state index contributed by atoms with van der Waals surface area (Å²) in [6.45, 7) is 4.43. The molecule has 1 aliphatic heterocycles. The second-order valence-corrected chi connectivity index (χ2v) is 11.1. The third kappa shape index (κ3) is 7.28. The molecule has 1 fully saturated rings. The van der Waals surface area contributed by atoms with Crippen molar-refractivity contribution in [1.29, 1.82) is 0 Å². The summed E-state index contributed by atoms with van der Waals surface area (Å²) in [5, 5.41) is 6.24. The average Bonchev–Trinajstić information content (AvgIpc) is 2.95. The topological polar surface area (TPSA) is 136 Å². The highest BCUT2D eigenvalue weighted by Crippen LogP contribution is 2.39. The molecule has 12 nitrogen and oxygen atoms in total. The molecule has 1 aromatic heterocycles. The number of nitrogens with zero attached hydrogens (tertiary/aromatic N) is 3. The lowest BCUT2D eigenvalue weighted by molar-refractivity contribution is 0.0321. The van der Waals surface area contributed by atoms with E-state index in [1.54, 1.807) is 50.7 Å². The van der Waals surface area contributed by atoms with Gasteiger partial charge in [0.15, 0.2) is 11.5 Å². The summed E-state index contributed by atoms with van der Waals surface area (Å²) in [6.07, 6.45) is 1.56. The van der Waals surface area contributed by atoms with Crippen molar-refractivity contribution in [2.75, 3.05) is 71.4 Å².